The Balaban J connectivity index is 2.30. The zero-order valence-corrected chi connectivity index (χ0v) is 22.3. The molecule has 0 saturated carbocycles. The molecule has 1 aromatic carbocycles. The van der Waals surface area contributed by atoms with Crippen LogP contribution in [0.1, 0.15) is 135 Å². The second-order valence-electron chi connectivity index (χ2n) is 9.94. The van der Waals surface area contributed by atoms with Crippen molar-refractivity contribution in [3.8, 4) is 0 Å². The summed E-state index contributed by atoms with van der Waals surface area (Å²) in [5.41, 5.74) is 2.11. The number of benzene rings is 1. The first-order valence-electron chi connectivity index (χ1n) is 14.3. The maximum atomic E-state index is 12.9. The number of unbranched alkanes of at least 4 members (excludes halogenated alkanes) is 16. The zero-order chi connectivity index (χ0) is 24.0. The maximum absolute atomic E-state index is 12.9. The summed E-state index contributed by atoms with van der Waals surface area (Å²) in [5.74, 6) is 0. The molecule has 0 fully saturated rings. The van der Waals surface area contributed by atoms with Crippen LogP contribution in [0.2, 0.25) is 0 Å². The number of rotatable bonds is 21. The lowest BCUT2D eigenvalue weighted by atomic mass is 10.1. The number of carbonyl (C=O) groups excluding carboxylic acids is 1. The van der Waals surface area contributed by atoms with Gasteiger partial charge in [0.25, 0.3) is 0 Å². The van der Waals surface area contributed by atoms with E-state index in [0.717, 1.165) is 31.6 Å². The molecule has 0 aliphatic carbocycles. The van der Waals surface area contributed by atoms with Gasteiger partial charge in [0.2, 0.25) is 0 Å². The Labute approximate surface area is 206 Å². The highest BCUT2D eigenvalue weighted by Crippen LogP contribution is 2.14. The summed E-state index contributed by atoms with van der Waals surface area (Å²) in [5, 5.41) is 3.12. The molecule has 190 valence electrons. The van der Waals surface area contributed by atoms with E-state index in [2.05, 4.69) is 43.1 Å². The number of hydrogen-bond acceptors (Lipinski definition) is 1. The number of urea groups is 1. The van der Waals surface area contributed by atoms with Gasteiger partial charge in [-0.1, -0.05) is 134 Å². The van der Waals surface area contributed by atoms with E-state index in [4.69, 9.17) is 0 Å². The number of nitrogens with zero attached hydrogens (tertiary/aromatic N) is 1. The lowest BCUT2D eigenvalue weighted by Gasteiger charge is -2.23. The summed E-state index contributed by atoms with van der Waals surface area (Å²) in [6, 6.07) is 8.19. The summed E-state index contributed by atoms with van der Waals surface area (Å²) >= 11 is 0. The Morgan fingerprint density at radius 3 is 1.36 bits per heavy atom. The van der Waals surface area contributed by atoms with E-state index in [9.17, 15) is 4.79 Å². The molecule has 2 amide bonds. The Hall–Kier alpha value is -1.51. The highest BCUT2D eigenvalue weighted by atomic mass is 16.2. The van der Waals surface area contributed by atoms with Crippen LogP contribution in [-0.2, 0) is 0 Å². The van der Waals surface area contributed by atoms with Gasteiger partial charge in [-0.15, -0.1) is 0 Å². The van der Waals surface area contributed by atoms with E-state index in [1.165, 1.54) is 108 Å². The average molecular weight is 459 g/mol. The Morgan fingerprint density at radius 1 is 0.606 bits per heavy atom. The monoisotopic (exact) mass is 458 g/mol. The fourth-order valence-electron chi connectivity index (χ4n) is 4.38. The van der Waals surface area contributed by atoms with Gasteiger partial charge in [0.1, 0.15) is 0 Å². The molecular weight excluding hydrogens is 404 g/mol. The minimum absolute atomic E-state index is 0.0676. The quantitative estimate of drug-likeness (QED) is 0.183. The van der Waals surface area contributed by atoms with Crippen molar-refractivity contribution in [1.82, 2.24) is 4.90 Å². The van der Waals surface area contributed by atoms with Gasteiger partial charge in [0.05, 0.1) is 0 Å². The summed E-state index contributed by atoms with van der Waals surface area (Å²) in [6.07, 6.45) is 23.7. The van der Waals surface area contributed by atoms with Crippen LogP contribution >= 0.6 is 0 Å². The highest BCUT2D eigenvalue weighted by molar-refractivity contribution is 5.89. The number of carbonyl (C=O) groups is 1. The van der Waals surface area contributed by atoms with Crippen LogP contribution in [0.4, 0.5) is 10.5 Å². The summed E-state index contributed by atoms with van der Waals surface area (Å²) in [6.45, 7) is 8.38. The molecule has 0 aromatic heterocycles. The molecular formula is C30H54N2O. The van der Waals surface area contributed by atoms with E-state index in [0.29, 0.717) is 0 Å². The normalized spacial score (nSPS) is 11.0. The van der Waals surface area contributed by atoms with Crippen molar-refractivity contribution >= 4 is 11.7 Å². The number of hydrogen-bond donors (Lipinski definition) is 1. The SMILES string of the molecule is CCCCCCCCCCCN(CCCCCCCCCCC)C(=O)Nc1ccc(C)cc1. The molecule has 3 nitrogen and oxygen atoms in total. The van der Waals surface area contributed by atoms with E-state index >= 15 is 0 Å². The van der Waals surface area contributed by atoms with Crippen LogP contribution in [0.5, 0.6) is 0 Å². The minimum atomic E-state index is 0.0676. The third kappa shape index (κ3) is 16.7. The van der Waals surface area contributed by atoms with Crippen LogP contribution in [0, 0.1) is 6.92 Å². The fraction of sp³-hybridized carbons (Fsp3) is 0.767. The molecule has 0 bridgehead atoms. The summed E-state index contributed by atoms with van der Waals surface area (Å²) in [4.78, 5) is 15.0. The van der Waals surface area contributed by atoms with Gasteiger partial charge in [-0.05, 0) is 31.9 Å². The van der Waals surface area contributed by atoms with Crippen molar-refractivity contribution in [1.29, 1.82) is 0 Å². The number of aryl methyl sites for hydroxylation is 1. The largest absolute Gasteiger partial charge is 0.325 e. The third-order valence-electron chi connectivity index (χ3n) is 6.65. The van der Waals surface area contributed by atoms with E-state index in [1.807, 2.05) is 12.1 Å². The topological polar surface area (TPSA) is 32.3 Å². The predicted molar refractivity (Wildman–Crippen MR) is 146 cm³/mol. The van der Waals surface area contributed by atoms with Crippen molar-refractivity contribution in [2.45, 2.75) is 136 Å². The van der Waals surface area contributed by atoms with Crippen molar-refractivity contribution in [3.63, 3.8) is 0 Å². The smallest absolute Gasteiger partial charge is 0.321 e. The van der Waals surface area contributed by atoms with Crippen molar-refractivity contribution in [2.24, 2.45) is 0 Å². The molecule has 0 heterocycles. The van der Waals surface area contributed by atoms with Gasteiger partial charge in [-0.25, -0.2) is 4.79 Å². The van der Waals surface area contributed by atoms with Gasteiger partial charge >= 0.3 is 6.03 Å². The van der Waals surface area contributed by atoms with Crippen molar-refractivity contribution in [3.05, 3.63) is 29.8 Å². The van der Waals surface area contributed by atoms with Crippen molar-refractivity contribution in [2.75, 3.05) is 18.4 Å². The van der Waals surface area contributed by atoms with Gasteiger partial charge in [0, 0.05) is 18.8 Å². The molecule has 0 radical (unpaired) electrons. The molecule has 0 unspecified atom stereocenters. The Bertz CT molecular complexity index is 547. The van der Waals surface area contributed by atoms with Gasteiger partial charge in [0.15, 0.2) is 0 Å². The fourth-order valence-corrected chi connectivity index (χ4v) is 4.38. The predicted octanol–water partition coefficient (Wildman–Crippen LogP) is 9.89. The van der Waals surface area contributed by atoms with Gasteiger partial charge in [-0.2, -0.15) is 0 Å². The van der Waals surface area contributed by atoms with E-state index in [1.54, 1.807) is 0 Å². The van der Waals surface area contributed by atoms with Gasteiger partial charge in [-0.3, -0.25) is 0 Å². The number of anilines is 1. The lowest BCUT2D eigenvalue weighted by Crippen LogP contribution is -2.36. The van der Waals surface area contributed by atoms with E-state index < -0.39 is 0 Å². The lowest BCUT2D eigenvalue weighted by molar-refractivity contribution is 0.209. The molecule has 1 aromatic rings. The molecule has 0 saturated heterocycles. The number of nitrogens with one attached hydrogen (secondary N) is 1. The van der Waals surface area contributed by atoms with Gasteiger partial charge < -0.3 is 10.2 Å². The third-order valence-corrected chi connectivity index (χ3v) is 6.65. The first-order chi connectivity index (χ1) is 16.2. The van der Waals surface area contributed by atoms with Crippen molar-refractivity contribution < 1.29 is 4.79 Å². The first kappa shape index (κ1) is 29.5. The second kappa shape index (κ2) is 21.1. The highest BCUT2D eigenvalue weighted by Gasteiger charge is 2.13. The molecule has 1 rings (SSSR count). The molecule has 3 heteroatoms. The minimum Gasteiger partial charge on any atom is -0.325 e. The van der Waals surface area contributed by atoms with Crippen LogP contribution < -0.4 is 5.32 Å². The zero-order valence-electron chi connectivity index (χ0n) is 22.3. The molecule has 1 N–H and O–H groups in total. The van der Waals surface area contributed by atoms with E-state index in [-0.39, 0.29) is 6.03 Å². The summed E-state index contributed by atoms with van der Waals surface area (Å²) < 4.78 is 0. The second-order valence-corrected chi connectivity index (χ2v) is 9.94. The van der Waals surface area contributed by atoms with Crippen LogP contribution in [0.15, 0.2) is 24.3 Å². The molecule has 0 atom stereocenters. The number of amides is 2. The standard InChI is InChI=1S/C30H54N2O/c1-4-6-8-10-12-14-16-18-20-26-32(27-21-19-17-15-13-11-9-7-5-2)30(33)31-29-24-22-28(3)23-25-29/h22-25H,4-21,26-27H2,1-3H3,(H,31,33). The molecule has 0 aliphatic heterocycles. The van der Waals surface area contributed by atoms with Crippen LogP contribution in [-0.4, -0.2) is 24.0 Å². The summed E-state index contributed by atoms with van der Waals surface area (Å²) in [7, 11) is 0. The average Bonchev–Trinajstić information content (AvgIpc) is 2.82. The van der Waals surface area contributed by atoms with Crippen LogP contribution in [0.25, 0.3) is 0 Å². The first-order valence-corrected chi connectivity index (χ1v) is 14.3. The van der Waals surface area contributed by atoms with Crippen LogP contribution in [0.3, 0.4) is 0 Å². The molecule has 0 spiro atoms. The molecule has 33 heavy (non-hydrogen) atoms. The Morgan fingerprint density at radius 2 is 0.970 bits per heavy atom. The maximum Gasteiger partial charge on any atom is 0.321 e. The molecule has 0 aliphatic rings. The Kier molecular flexibility index (Phi) is 18.8.